The van der Waals surface area contributed by atoms with Gasteiger partial charge in [-0.2, -0.15) is 0 Å². The van der Waals surface area contributed by atoms with Gasteiger partial charge in [0.1, 0.15) is 11.7 Å². The molecule has 2 heterocycles. The second-order valence-corrected chi connectivity index (χ2v) is 5.31. The number of pyridine rings is 1. The first-order valence-corrected chi connectivity index (χ1v) is 7.29. The lowest BCUT2D eigenvalue weighted by molar-refractivity contribution is 0.0382. The van der Waals surface area contributed by atoms with Crippen LogP contribution in [0.15, 0.2) is 30.3 Å². The Kier molecular flexibility index (Phi) is 3.75. The minimum Gasteiger partial charge on any atom is -0.384 e. The quantitative estimate of drug-likeness (QED) is 0.669. The molecule has 1 aliphatic heterocycles. The van der Waals surface area contributed by atoms with E-state index in [2.05, 4.69) is 11.8 Å². The summed E-state index contributed by atoms with van der Waals surface area (Å²) in [6, 6.07) is 9.87. The topological polar surface area (TPSA) is 75.2 Å². The fourth-order valence-corrected chi connectivity index (χ4v) is 2.70. The number of para-hydroxylation sites is 1. The maximum atomic E-state index is 7.85. The molecule has 1 aromatic carbocycles. The van der Waals surface area contributed by atoms with Gasteiger partial charge < -0.3 is 15.4 Å². The summed E-state index contributed by atoms with van der Waals surface area (Å²) in [6.07, 6.45) is 1.19. The minimum absolute atomic E-state index is 0.0581. The number of nitrogens with two attached hydrogens (primary N) is 1. The molecule has 2 aromatic rings. The van der Waals surface area contributed by atoms with Gasteiger partial charge in [0.2, 0.25) is 0 Å². The summed E-state index contributed by atoms with van der Waals surface area (Å²) in [5.41, 5.74) is 7.39. The normalized spacial score (nSPS) is 18.9. The van der Waals surface area contributed by atoms with Crippen LogP contribution in [-0.2, 0) is 4.74 Å². The van der Waals surface area contributed by atoms with Crippen LogP contribution in [-0.4, -0.2) is 36.6 Å². The van der Waals surface area contributed by atoms with Crippen LogP contribution in [0.2, 0.25) is 0 Å². The smallest absolute Gasteiger partial charge is 0.140 e. The van der Waals surface area contributed by atoms with Crippen LogP contribution in [0.5, 0.6) is 0 Å². The number of nitrogens with zero attached hydrogens (tertiary/aromatic N) is 2. The SMILES string of the molecule is CCC1CN(c2nc3ccccc3cc2C(=N)N)CCO1. The molecule has 21 heavy (non-hydrogen) atoms. The van der Waals surface area contributed by atoms with Crippen LogP contribution < -0.4 is 10.6 Å². The van der Waals surface area contributed by atoms with Gasteiger partial charge >= 0.3 is 0 Å². The van der Waals surface area contributed by atoms with E-state index in [-0.39, 0.29) is 11.9 Å². The Hall–Kier alpha value is -2.14. The molecule has 1 aromatic heterocycles. The number of benzene rings is 1. The number of hydrogen-bond donors (Lipinski definition) is 2. The Bertz CT molecular complexity index is 670. The molecule has 1 fully saturated rings. The number of nitrogens with one attached hydrogen (secondary N) is 1. The Balaban J connectivity index is 2.07. The highest BCUT2D eigenvalue weighted by Gasteiger charge is 2.23. The monoisotopic (exact) mass is 284 g/mol. The van der Waals surface area contributed by atoms with Crippen molar-refractivity contribution in [2.45, 2.75) is 19.4 Å². The van der Waals surface area contributed by atoms with E-state index in [1.165, 1.54) is 0 Å². The molecule has 1 saturated heterocycles. The number of morpholine rings is 1. The van der Waals surface area contributed by atoms with Crippen molar-refractivity contribution in [3.8, 4) is 0 Å². The van der Waals surface area contributed by atoms with Crippen molar-refractivity contribution >= 4 is 22.6 Å². The second kappa shape index (κ2) is 5.69. The van der Waals surface area contributed by atoms with Crippen LogP contribution in [0, 0.1) is 5.41 Å². The molecule has 1 atom stereocenters. The van der Waals surface area contributed by atoms with E-state index in [0.717, 1.165) is 36.2 Å². The lowest BCUT2D eigenvalue weighted by Crippen LogP contribution is -2.43. The lowest BCUT2D eigenvalue weighted by Gasteiger charge is -2.34. The third kappa shape index (κ3) is 2.69. The predicted molar refractivity (Wildman–Crippen MR) is 85.0 cm³/mol. The van der Waals surface area contributed by atoms with Crippen LogP contribution in [0.1, 0.15) is 18.9 Å². The highest BCUT2D eigenvalue weighted by Crippen LogP contribution is 2.25. The van der Waals surface area contributed by atoms with E-state index >= 15 is 0 Å². The minimum atomic E-state index is 0.0581. The fourth-order valence-electron chi connectivity index (χ4n) is 2.70. The number of hydrogen-bond acceptors (Lipinski definition) is 4. The lowest BCUT2D eigenvalue weighted by atomic mass is 10.1. The number of aromatic nitrogens is 1. The third-order valence-corrected chi connectivity index (χ3v) is 3.89. The number of fused-ring (bicyclic) bond motifs is 1. The first-order valence-electron chi connectivity index (χ1n) is 7.29. The molecule has 110 valence electrons. The Labute approximate surface area is 124 Å². The van der Waals surface area contributed by atoms with Crippen molar-refractivity contribution < 1.29 is 4.74 Å². The predicted octanol–water partition coefficient (Wildman–Crippen LogP) is 2.13. The molecule has 0 spiro atoms. The van der Waals surface area contributed by atoms with Gasteiger partial charge in [0.25, 0.3) is 0 Å². The number of rotatable bonds is 3. The zero-order chi connectivity index (χ0) is 14.8. The number of ether oxygens (including phenoxy) is 1. The Morgan fingerprint density at radius 3 is 3.05 bits per heavy atom. The van der Waals surface area contributed by atoms with Crippen LogP contribution in [0.25, 0.3) is 10.9 Å². The number of amidine groups is 1. The molecular weight excluding hydrogens is 264 g/mol. The molecule has 0 radical (unpaired) electrons. The van der Waals surface area contributed by atoms with Gasteiger partial charge in [-0.25, -0.2) is 4.98 Å². The van der Waals surface area contributed by atoms with Crippen LogP contribution in [0.3, 0.4) is 0 Å². The van der Waals surface area contributed by atoms with E-state index in [0.29, 0.717) is 12.2 Å². The molecule has 3 N–H and O–H groups in total. The van der Waals surface area contributed by atoms with Gasteiger partial charge in [-0.1, -0.05) is 25.1 Å². The summed E-state index contributed by atoms with van der Waals surface area (Å²) in [6.45, 7) is 4.38. The van der Waals surface area contributed by atoms with Crippen molar-refractivity contribution in [2.24, 2.45) is 5.73 Å². The van der Waals surface area contributed by atoms with Crippen molar-refractivity contribution in [2.75, 3.05) is 24.6 Å². The van der Waals surface area contributed by atoms with Gasteiger partial charge in [-0.3, -0.25) is 5.41 Å². The van der Waals surface area contributed by atoms with Crippen LogP contribution >= 0.6 is 0 Å². The Morgan fingerprint density at radius 2 is 2.29 bits per heavy atom. The summed E-state index contributed by atoms with van der Waals surface area (Å²) < 4.78 is 5.71. The molecule has 0 saturated carbocycles. The molecule has 5 heteroatoms. The molecule has 5 nitrogen and oxygen atoms in total. The van der Waals surface area contributed by atoms with Gasteiger partial charge in [0.05, 0.1) is 23.8 Å². The fraction of sp³-hybridized carbons (Fsp3) is 0.375. The Morgan fingerprint density at radius 1 is 1.48 bits per heavy atom. The van der Waals surface area contributed by atoms with Gasteiger partial charge in [-0.15, -0.1) is 0 Å². The number of nitrogen functional groups attached to an aromatic ring is 1. The van der Waals surface area contributed by atoms with E-state index in [1.54, 1.807) is 0 Å². The van der Waals surface area contributed by atoms with E-state index in [4.69, 9.17) is 20.9 Å². The summed E-state index contributed by atoms with van der Waals surface area (Å²) in [5, 5.41) is 8.85. The molecule has 0 bridgehead atoms. The largest absolute Gasteiger partial charge is 0.384 e. The van der Waals surface area contributed by atoms with Crippen molar-refractivity contribution in [1.29, 1.82) is 5.41 Å². The summed E-state index contributed by atoms with van der Waals surface area (Å²) in [7, 11) is 0. The van der Waals surface area contributed by atoms with Crippen molar-refractivity contribution in [3.05, 3.63) is 35.9 Å². The average Bonchev–Trinajstić information content (AvgIpc) is 2.53. The third-order valence-electron chi connectivity index (χ3n) is 3.89. The standard InChI is InChI=1S/C16H20N4O/c1-2-12-10-20(7-8-21-12)16-13(15(17)18)9-11-5-3-4-6-14(11)19-16/h3-6,9,12H,2,7-8,10H2,1H3,(H3,17,18). The van der Waals surface area contributed by atoms with Crippen LogP contribution in [0.4, 0.5) is 5.82 Å². The van der Waals surface area contributed by atoms with E-state index in [9.17, 15) is 0 Å². The van der Waals surface area contributed by atoms with Crippen molar-refractivity contribution in [3.63, 3.8) is 0 Å². The highest BCUT2D eigenvalue weighted by atomic mass is 16.5. The maximum Gasteiger partial charge on any atom is 0.140 e. The average molecular weight is 284 g/mol. The zero-order valence-corrected chi connectivity index (χ0v) is 12.2. The summed E-state index contributed by atoms with van der Waals surface area (Å²) >= 11 is 0. The summed E-state index contributed by atoms with van der Waals surface area (Å²) in [5.74, 6) is 0.853. The molecule has 0 amide bonds. The van der Waals surface area contributed by atoms with E-state index < -0.39 is 0 Å². The molecular formula is C16H20N4O. The van der Waals surface area contributed by atoms with Gasteiger partial charge in [0.15, 0.2) is 0 Å². The highest BCUT2D eigenvalue weighted by molar-refractivity contribution is 6.03. The molecule has 0 aliphatic carbocycles. The first kappa shape index (κ1) is 13.8. The van der Waals surface area contributed by atoms with Gasteiger partial charge in [0, 0.05) is 18.5 Å². The maximum absolute atomic E-state index is 7.85. The molecule has 1 unspecified atom stereocenters. The number of anilines is 1. The summed E-state index contributed by atoms with van der Waals surface area (Å²) in [4.78, 5) is 6.92. The zero-order valence-electron chi connectivity index (χ0n) is 12.2. The van der Waals surface area contributed by atoms with Crippen molar-refractivity contribution in [1.82, 2.24) is 4.98 Å². The first-order chi connectivity index (χ1) is 10.2. The molecule has 3 rings (SSSR count). The molecule has 1 aliphatic rings. The van der Waals surface area contributed by atoms with Gasteiger partial charge in [-0.05, 0) is 18.6 Å². The second-order valence-electron chi connectivity index (χ2n) is 5.31. The van der Waals surface area contributed by atoms with E-state index in [1.807, 2.05) is 30.3 Å².